The van der Waals surface area contributed by atoms with E-state index < -0.39 is 0 Å². The second-order valence-electron chi connectivity index (χ2n) is 5.53. The molecule has 0 saturated carbocycles. The van der Waals surface area contributed by atoms with E-state index in [-0.39, 0.29) is 11.5 Å². The summed E-state index contributed by atoms with van der Waals surface area (Å²) in [6.07, 6.45) is 0. The Hall–Kier alpha value is -3.47. The standard InChI is InChI=1S/C20H14FN3O/c21-16-11-13-17(14-12-16)23-19(15-7-3-1-4-8-15)22-24(20(23)25)18-9-5-2-6-10-18/h1-14H. The van der Waals surface area contributed by atoms with Gasteiger partial charge in [-0.05, 0) is 36.4 Å². The molecule has 0 bridgehead atoms. The minimum Gasteiger partial charge on any atom is -0.245 e. The van der Waals surface area contributed by atoms with E-state index in [1.807, 2.05) is 60.7 Å². The SMILES string of the molecule is O=c1n(-c2ccccc2)nc(-c2ccccc2)n1-c1ccc(F)cc1. The summed E-state index contributed by atoms with van der Waals surface area (Å²) < 4.78 is 16.1. The molecule has 0 fully saturated rings. The average Bonchev–Trinajstić information content (AvgIpc) is 3.01. The molecule has 122 valence electrons. The summed E-state index contributed by atoms with van der Waals surface area (Å²) in [5.41, 5.74) is 1.73. The predicted octanol–water partition coefficient (Wildman–Crippen LogP) is 3.83. The molecule has 1 heterocycles. The molecule has 5 heteroatoms. The minimum absolute atomic E-state index is 0.309. The van der Waals surface area contributed by atoms with Crippen LogP contribution in [0.25, 0.3) is 22.8 Å². The van der Waals surface area contributed by atoms with Gasteiger partial charge in [-0.25, -0.2) is 13.8 Å². The fourth-order valence-electron chi connectivity index (χ4n) is 2.70. The first kappa shape index (κ1) is 15.1. The Morgan fingerprint density at radius 1 is 0.720 bits per heavy atom. The number of nitrogens with zero attached hydrogens (tertiary/aromatic N) is 3. The van der Waals surface area contributed by atoms with Crippen molar-refractivity contribution in [3.63, 3.8) is 0 Å². The Kier molecular flexibility index (Phi) is 3.74. The van der Waals surface area contributed by atoms with Crippen molar-refractivity contribution in [3.05, 3.63) is 101 Å². The van der Waals surface area contributed by atoms with Crippen LogP contribution in [0.3, 0.4) is 0 Å². The second-order valence-corrected chi connectivity index (χ2v) is 5.53. The van der Waals surface area contributed by atoms with Crippen molar-refractivity contribution in [2.45, 2.75) is 0 Å². The molecule has 0 amide bonds. The molecule has 0 spiro atoms. The van der Waals surface area contributed by atoms with Crippen LogP contribution in [0.5, 0.6) is 0 Å². The lowest BCUT2D eigenvalue weighted by Gasteiger charge is -2.05. The van der Waals surface area contributed by atoms with Crippen LogP contribution in [0.4, 0.5) is 4.39 Å². The highest BCUT2D eigenvalue weighted by Gasteiger charge is 2.17. The molecule has 1 aromatic heterocycles. The average molecular weight is 331 g/mol. The Balaban J connectivity index is 1.99. The monoisotopic (exact) mass is 331 g/mol. The zero-order chi connectivity index (χ0) is 17.2. The van der Waals surface area contributed by atoms with Crippen LogP contribution in [0.1, 0.15) is 0 Å². The summed E-state index contributed by atoms with van der Waals surface area (Å²) in [5, 5.41) is 4.52. The summed E-state index contributed by atoms with van der Waals surface area (Å²) >= 11 is 0. The lowest BCUT2D eigenvalue weighted by atomic mass is 10.2. The summed E-state index contributed by atoms with van der Waals surface area (Å²) in [7, 11) is 0. The Bertz CT molecular complexity index is 1050. The van der Waals surface area contributed by atoms with Gasteiger partial charge in [0.2, 0.25) is 0 Å². The number of para-hydroxylation sites is 1. The molecule has 0 unspecified atom stereocenters. The quantitative estimate of drug-likeness (QED) is 0.572. The normalized spacial score (nSPS) is 10.8. The van der Waals surface area contributed by atoms with Crippen LogP contribution in [-0.4, -0.2) is 14.3 Å². The minimum atomic E-state index is -0.353. The zero-order valence-corrected chi connectivity index (χ0v) is 13.2. The number of rotatable bonds is 3. The van der Waals surface area contributed by atoms with Crippen molar-refractivity contribution >= 4 is 0 Å². The van der Waals surface area contributed by atoms with Crippen LogP contribution in [0.2, 0.25) is 0 Å². The van der Waals surface area contributed by atoms with Gasteiger partial charge in [0.15, 0.2) is 5.82 Å². The highest BCUT2D eigenvalue weighted by Crippen LogP contribution is 2.20. The molecule has 4 nitrogen and oxygen atoms in total. The van der Waals surface area contributed by atoms with Crippen LogP contribution < -0.4 is 5.69 Å². The van der Waals surface area contributed by atoms with E-state index in [0.717, 1.165) is 5.56 Å². The van der Waals surface area contributed by atoms with Gasteiger partial charge in [-0.3, -0.25) is 0 Å². The summed E-state index contributed by atoms with van der Waals surface area (Å²) in [4.78, 5) is 13.0. The Labute approximate surface area is 143 Å². The molecule has 0 atom stereocenters. The summed E-state index contributed by atoms with van der Waals surface area (Å²) in [6.45, 7) is 0. The van der Waals surface area contributed by atoms with E-state index in [1.54, 1.807) is 12.1 Å². The van der Waals surface area contributed by atoms with Gasteiger partial charge >= 0.3 is 5.69 Å². The molecule has 0 aliphatic carbocycles. The van der Waals surface area contributed by atoms with E-state index in [1.165, 1.54) is 21.4 Å². The van der Waals surface area contributed by atoms with Gasteiger partial charge in [0.25, 0.3) is 0 Å². The van der Waals surface area contributed by atoms with Gasteiger partial charge in [-0.1, -0.05) is 48.5 Å². The van der Waals surface area contributed by atoms with Crippen LogP contribution in [-0.2, 0) is 0 Å². The second kappa shape index (κ2) is 6.20. The molecule has 25 heavy (non-hydrogen) atoms. The van der Waals surface area contributed by atoms with Crippen LogP contribution in [0, 0.1) is 5.82 Å². The number of benzene rings is 3. The van der Waals surface area contributed by atoms with Crippen LogP contribution >= 0.6 is 0 Å². The van der Waals surface area contributed by atoms with Gasteiger partial charge in [-0.15, -0.1) is 5.10 Å². The number of aromatic nitrogens is 3. The molecule has 4 aromatic rings. The first-order chi connectivity index (χ1) is 12.2. The summed E-state index contributed by atoms with van der Waals surface area (Å²) in [5.74, 6) is 0.148. The van der Waals surface area contributed by atoms with Crippen LogP contribution in [0.15, 0.2) is 89.7 Å². The van der Waals surface area contributed by atoms with E-state index in [0.29, 0.717) is 17.2 Å². The molecule has 0 N–H and O–H groups in total. The Morgan fingerprint density at radius 2 is 1.32 bits per heavy atom. The molecule has 3 aromatic carbocycles. The smallest absolute Gasteiger partial charge is 0.245 e. The van der Waals surface area contributed by atoms with Crippen molar-refractivity contribution < 1.29 is 4.39 Å². The fourth-order valence-corrected chi connectivity index (χ4v) is 2.70. The van der Waals surface area contributed by atoms with Crippen molar-refractivity contribution in [3.8, 4) is 22.8 Å². The largest absolute Gasteiger partial charge is 0.355 e. The molecular formula is C20H14FN3O. The van der Waals surface area contributed by atoms with Gasteiger partial charge in [0, 0.05) is 5.56 Å². The van der Waals surface area contributed by atoms with E-state index in [4.69, 9.17) is 0 Å². The predicted molar refractivity (Wildman–Crippen MR) is 94.6 cm³/mol. The zero-order valence-electron chi connectivity index (χ0n) is 13.2. The first-order valence-electron chi connectivity index (χ1n) is 7.83. The van der Waals surface area contributed by atoms with Gasteiger partial charge in [0.05, 0.1) is 11.4 Å². The molecular weight excluding hydrogens is 317 g/mol. The first-order valence-corrected chi connectivity index (χ1v) is 7.83. The van der Waals surface area contributed by atoms with Crippen molar-refractivity contribution in [2.24, 2.45) is 0 Å². The maximum Gasteiger partial charge on any atom is 0.355 e. The van der Waals surface area contributed by atoms with E-state index >= 15 is 0 Å². The molecule has 0 saturated heterocycles. The lowest BCUT2D eigenvalue weighted by molar-refractivity contribution is 0.627. The van der Waals surface area contributed by atoms with Gasteiger partial charge in [-0.2, -0.15) is 4.68 Å². The van der Waals surface area contributed by atoms with Crippen molar-refractivity contribution in [1.29, 1.82) is 0 Å². The van der Waals surface area contributed by atoms with Crippen molar-refractivity contribution in [1.82, 2.24) is 14.3 Å². The highest BCUT2D eigenvalue weighted by atomic mass is 19.1. The number of hydrogen-bond donors (Lipinski definition) is 0. The number of hydrogen-bond acceptors (Lipinski definition) is 2. The van der Waals surface area contributed by atoms with E-state index in [2.05, 4.69) is 5.10 Å². The third kappa shape index (κ3) is 2.76. The number of halogens is 1. The highest BCUT2D eigenvalue weighted by molar-refractivity contribution is 5.58. The molecule has 0 aliphatic heterocycles. The Morgan fingerprint density at radius 3 is 1.96 bits per heavy atom. The third-order valence-electron chi connectivity index (χ3n) is 3.90. The molecule has 0 radical (unpaired) electrons. The molecule has 4 rings (SSSR count). The third-order valence-corrected chi connectivity index (χ3v) is 3.90. The maximum atomic E-state index is 13.3. The topological polar surface area (TPSA) is 39.8 Å². The fraction of sp³-hybridized carbons (Fsp3) is 0. The van der Waals surface area contributed by atoms with Crippen molar-refractivity contribution in [2.75, 3.05) is 0 Å². The summed E-state index contributed by atoms with van der Waals surface area (Å²) in [6, 6.07) is 24.5. The van der Waals surface area contributed by atoms with Gasteiger partial charge < -0.3 is 0 Å². The van der Waals surface area contributed by atoms with E-state index in [9.17, 15) is 9.18 Å². The maximum absolute atomic E-state index is 13.3. The molecule has 0 aliphatic rings. The lowest BCUT2D eigenvalue weighted by Crippen LogP contribution is -2.22. The van der Waals surface area contributed by atoms with Gasteiger partial charge in [0.1, 0.15) is 5.82 Å².